The summed E-state index contributed by atoms with van der Waals surface area (Å²) < 4.78 is 5.20. The summed E-state index contributed by atoms with van der Waals surface area (Å²) in [5.41, 5.74) is 1.08. The van der Waals surface area contributed by atoms with Gasteiger partial charge in [0.1, 0.15) is 5.75 Å². The molecule has 0 fully saturated rings. The largest absolute Gasteiger partial charge is 0.496 e. The lowest BCUT2D eigenvalue weighted by atomic mass is 10.1. The number of carbonyl (C=O) groups is 1. The normalized spacial score (nSPS) is 14.0. The molecule has 0 aromatic heterocycles. The van der Waals surface area contributed by atoms with Crippen molar-refractivity contribution < 1.29 is 19.7 Å². The van der Waals surface area contributed by atoms with Crippen molar-refractivity contribution in [1.29, 1.82) is 0 Å². The molecule has 1 aromatic rings. The van der Waals surface area contributed by atoms with Crippen molar-refractivity contribution >= 4 is 17.7 Å². The molecule has 0 aliphatic heterocycles. The zero-order chi connectivity index (χ0) is 13.7. The molecule has 1 rings (SSSR count). The van der Waals surface area contributed by atoms with Gasteiger partial charge in [0.2, 0.25) is 0 Å². The van der Waals surface area contributed by atoms with Crippen LogP contribution in [0.3, 0.4) is 0 Å². The predicted octanol–water partition coefficient (Wildman–Crippen LogP) is 2.40. The number of carboxylic acid groups (broad SMARTS) is 1. The number of hydrogen-bond acceptors (Lipinski definition) is 4. The molecule has 0 amide bonds. The summed E-state index contributed by atoms with van der Waals surface area (Å²) in [6.45, 7) is 3.67. The molecule has 0 aliphatic rings. The Kier molecular flexibility index (Phi) is 5.50. The average Bonchev–Trinajstić information content (AvgIpc) is 2.35. The van der Waals surface area contributed by atoms with Crippen LogP contribution in [0.5, 0.6) is 5.75 Å². The molecule has 4 nitrogen and oxygen atoms in total. The summed E-state index contributed by atoms with van der Waals surface area (Å²) in [6.07, 6.45) is -0.399. The lowest BCUT2D eigenvalue weighted by Gasteiger charge is -2.15. The highest BCUT2D eigenvalue weighted by molar-refractivity contribution is 7.99. The van der Waals surface area contributed by atoms with E-state index in [1.165, 1.54) is 6.07 Å². The molecule has 0 aliphatic carbocycles. The SMILES string of the molecule is COc1ccc(C(=O)O)cc1CSC(C)C(C)O. The van der Waals surface area contributed by atoms with Gasteiger partial charge in [0.15, 0.2) is 0 Å². The Morgan fingerprint density at radius 3 is 2.61 bits per heavy atom. The van der Waals surface area contributed by atoms with E-state index in [1.54, 1.807) is 37.9 Å². The van der Waals surface area contributed by atoms with Crippen molar-refractivity contribution in [2.24, 2.45) is 0 Å². The molecular weight excluding hydrogens is 252 g/mol. The summed E-state index contributed by atoms with van der Waals surface area (Å²) in [4.78, 5) is 10.9. The Labute approximate surface area is 111 Å². The third kappa shape index (κ3) is 3.92. The first-order chi connectivity index (χ1) is 8.45. The molecule has 1 aromatic carbocycles. The number of hydrogen-bond donors (Lipinski definition) is 2. The second kappa shape index (κ2) is 6.66. The number of ether oxygens (including phenoxy) is 1. The lowest BCUT2D eigenvalue weighted by molar-refractivity contribution is 0.0696. The van der Waals surface area contributed by atoms with Crippen molar-refractivity contribution in [2.75, 3.05) is 7.11 Å². The molecule has 0 saturated heterocycles. The molecule has 100 valence electrons. The van der Waals surface area contributed by atoms with Crippen LogP contribution >= 0.6 is 11.8 Å². The molecule has 0 spiro atoms. The maximum absolute atomic E-state index is 10.9. The Hall–Kier alpha value is -1.20. The van der Waals surface area contributed by atoms with E-state index < -0.39 is 12.1 Å². The number of thioether (sulfide) groups is 1. The minimum absolute atomic E-state index is 0.0863. The Bertz CT molecular complexity index is 417. The Balaban J connectivity index is 2.84. The first-order valence-corrected chi connectivity index (χ1v) is 6.70. The van der Waals surface area contributed by atoms with Crippen LogP contribution < -0.4 is 4.74 Å². The van der Waals surface area contributed by atoms with Gasteiger partial charge >= 0.3 is 5.97 Å². The number of carboxylic acids is 1. The fourth-order valence-electron chi connectivity index (χ4n) is 1.38. The molecule has 0 saturated carbocycles. The van der Waals surface area contributed by atoms with E-state index in [0.717, 1.165) is 5.56 Å². The molecule has 2 atom stereocenters. The molecule has 2 unspecified atom stereocenters. The van der Waals surface area contributed by atoms with Gasteiger partial charge in [-0.25, -0.2) is 4.79 Å². The maximum Gasteiger partial charge on any atom is 0.335 e. The van der Waals surface area contributed by atoms with Crippen LogP contribution in [0.1, 0.15) is 29.8 Å². The van der Waals surface area contributed by atoms with Gasteiger partial charge in [-0.1, -0.05) is 6.92 Å². The highest BCUT2D eigenvalue weighted by atomic mass is 32.2. The monoisotopic (exact) mass is 270 g/mol. The van der Waals surface area contributed by atoms with Crippen LogP contribution in [0.15, 0.2) is 18.2 Å². The summed E-state index contributed by atoms with van der Waals surface area (Å²) in [6, 6.07) is 4.79. The number of aliphatic hydroxyl groups is 1. The molecule has 0 bridgehead atoms. The van der Waals surface area contributed by atoms with Gasteiger partial charge < -0.3 is 14.9 Å². The van der Waals surface area contributed by atoms with E-state index in [9.17, 15) is 9.90 Å². The maximum atomic E-state index is 10.9. The summed E-state index contributed by atoms with van der Waals surface area (Å²) in [5.74, 6) is 0.328. The molecule has 0 heterocycles. The van der Waals surface area contributed by atoms with Gasteiger partial charge in [0, 0.05) is 16.6 Å². The molecule has 18 heavy (non-hydrogen) atoms. The van der Waals surface area contributed by atoms with E-state index >= 15 is 0 Å². The standard InChI is InChI=1S/C13H18O4S/c1-8(14)9(2)18-7-11-6-10(13(15)16)4-5-12(11)17-3/h4-6,8-9,14H,7H2,1-3H3,(H,15,16). The Morgan fingerprint density at radius 1 is 1.44 bits per heavy atom. The highest BCUT2D eigenvalue weighted by Crippen LogP contribution is 2.27. The number of methoxy groups -OCH3 is 1. The van der Waals surface area contributed by atoms with E-state index in [0.29, 0.717) is 11.5 Å². The van der Waals surface area contributed by atoms with E-state index in [1.807, 2.05) is 6.92 Å². The zero-order valence-corrected chi connectivity index (χ0v) is 11.5. The second-order valence-electron chi connectivity index (χ2n) is 4.09. The molecule has 2 N–H and O–H groups in total. The minimum Gasteiger partial charge on any atom is -0.496 e. The summed E-state index contributed by atoms with van der Waals surface area (Å²) in [5, 5.41) is 18.5. The lowest BCUT2D eigenvalue weighted by Crippen LogP contribution is -2.15. The first-order valence-electron chi connectivity index (χ1n) is 5.65. The Morgan fingerprint density at radius 2 is 2.11 bits per heavy atom. The number of benzene rings is 1. The zero-order valence-electron chi connectivity index (χ0n) is 10.7. The van der Waals surface area contributed by atoms with Crippen molar-refractivity contribution in [3.63, 3.8) is 0 Å². The molecule has 0 radical (unpaired) electrons. The highest BCUT2D eigenvalue weighted by Gasteiger charge is 2.13. The topological polar surface area (TPSA) is 66.8 Å². The van der Waals surface area contributed by atoms with E-state index in [-0.39, 0.29) is 10.8 Å². The predicted molar refractivity (Wildman–Crippen MR) is 72.4 cm³/mol. The molecular formula is C13H18O4S. The minimum atomic E-state index is -0.951. The first kappa shape index (κ1) is 14.9. The van der Waals surface area contributed by atoms with Crippen LogP contribution in [-0.4, -0.2) is 34.6 Å². The van der Waals surface area contributed by atoms with Gasteiger partial charge in [-0.05, 0) is 25.1 Å². The average molecular weight is 270 g/mol. The van der Waals surface area contributed by atoms with Crippen molar-refractivity contribution in [3.05, 3.63) is 29.3 Å². The quantitative estimate of drug-likeness (QED) is 0.831. The summed E-state index contributed by atoms with van der Waals surface area (Å²) in [7, 11) is 1.56. The van der Waals surface area contributed by atoms with Crippen LogP contribution in [0.4, 0.5) is 0 Å². The van der Waals surface area contributed by atoms with Crippen molar-refractivity contribution in [2.45, 2.75) is 31.0 Å². The van der Waals surface area contributed by atoms with Gasteiger partial charge in [0.25, 0.3) is 0 Å². The number of aromatic carboxylic acids is 1. The van der Waals surface area contributed by atoms with Crippen LogP contribution in [0, 0.1) is 0 Å². The smallest absolute Gasteiger partial charge is 0.335 e. The van der Waals surface area contributed by atoms with Crippen LogP contribution in [0.25, 0.3) is 0 Å². The van der Waals surface area contributed by atoms with Gasteiger partial charge in [0.05, 0.1) is 18.8 Å². The second-order valence-corrected chi connectivity index (χ2v) is 5.45. The summed E-state index contributed by atoms with van der Waals surface area (Å²) >= 11 is 1.56. The van der Waals surface area contributed by atoms with E-state index in [2.05, 4.69) is 0 Å². The van der Waals surface area contributed by atoms with Crippen LogP contribution in [-0.2, 0) is 5.75 Å². The third-order valence-electron chi connectivity index (χ3n) is 2.71. The van der Waals surface area contributed by atoms with Crippen molar-refractivity contribution in [1.82, 2.24) is 0 Å². The van der Waals surface area contributed by atoms with Gasteiger partial charge in [-0.3, -0.25) is 0 Å². The third-order valence-corrected chi connectivity index (χ3v) is 4.11. The van der Waals surface area contributed by atoms with Crippen LogP contribution in [0.2, 0.25) is 0 Å². The van der Waals surface area contributed by atoms with Gasteiger partial charge in [-0.2, -0.15) is 11.8 Å². The fraction of sp³-hybridized carbons (Fsp3) is 0.462. The number of aliphatic hydroxyl groups excluding tert-OH is 1. The van der Waals surface area contributed by atoms with E-state index in [4.69, 9.17) is 9.84 Å². The molecule has 5 heteroatoms. The number of rotatable bonds is 6. The van der Waals surface area contributed by atoms with Crippen molar-refractivity contribution in [3.8, 4) is 5.75 Å². The fourth-order valence-corrected chi connectivity index (χ4v) is 2.33. The van der Waals surface area contributed by atoms with Gasteiger partial charge in [-0.15, -0.1) is 0 Å².